The van der Waals surface area contributed by atoms with E-state index < -0.39 is 0 Å². The Morgan fingerprint density at radius 2 is 2.21 bits per heavy atom. The molecule has 106 valence electrons. The number of carbonyl (C=O) groups excluding carboxylic acids is 1. The van der Waals surface area contributed by atoms with E-state index in [2.05, 4.69) is 10.6 Å². The molecule has 1 aromatic carbocycles. The molecule has 0 spiro atoms. The molecule has 1 heterocycles. The van der Waals surface area contributed by atoms with Gasteiger partial charge in [-0.3, -0.25) is 4.79 Å². The van der Waals surface area contributed by atoms with E-state index in [-0.39, 0.29) is 24.4 Å². The summed E-state index contributed by atoms with van der Waals surface area (Å²) >= 11 is 0. The summed E-state index contributed by atoms with van der Waals surface area (Å²) in [4.78, 5) is 14.1. The van der Waals surface area contributed by atoms with Gasteiger partial charge in [-0.25, -0.2) is 0 Å². The minimum Gasteiger partial charge on any atom is -0.378 e. The number of carbonyl (C=O) groups is 1. The Balaban J connectivity index is 0.00000180. The fraction of sp³-hybridized carbons (Fsp3) is 0.500. The van der Waals surface area contributed by atoms with Crippen LogP contribution in [0.1, 0.15) is 23.2 Å². The monoisotopic (exact) mass is 283 g/mol. The lowest BCUT2D eigenvalue weighted by molar-refractivity contribution is 0.0930. The van der Waals surface area contributed by atoms with Gasteiger partial charge in [-0.1, -0.05) is 6.07 Å². The maximum absolute atomic E-state index is 12.1. The van der Waals surface area contributed by atoms with E-state index in [1.54, 1.807) is 0 Å². The first-order valence-electron chi connectivity index (χ1n) is 6.46. The first kappa shape index (κ1) is 15.8. The minimum atomic E-state index is 0. The van der Waals surface area contributed by atoms with Gasteiger partial charge >= 0.3 is 0 Å². The molecule has 0 bridgehead atoms. The Hall–Kier alpha value is -1.26. The molecule has 1 atom stereocenters. The van der Waals surface area contributed by atoms with Gasteiger partial charge in [-0.15, -0.1) is 12.4 Å². The summed E-state index contributed by atoms with van der Waals surface area (Å²) in [5.74, 6) is 0.0207. The van der Waals surface area contributed by atoms with Crippen LogP contribution in [0.25, 0.3) is 0 Å². The predicted molar refractivity (Wildman–Crippen MR) is 81.4 cm³/mol. The molecule has 1 amide bonds. The van der Waals surface area contributed by atoms with Gasteiger partial charge in [0.15, 0.2) is 0 Å². The minimum absolute atomic E-state index is 0. The average Bonchev–Trinajstić information content (AvgIpc) is 2.40. The molecule has 0 aromatic heterocycles. The zero-order valence-electron chi connectivity index (χ0n) is 11.5. The average molecular weight is 284 g/mol. The van der Waals surface area contributed by atoms with E-state index in [9.17, 15) is 4.79 Å². The van der Waals surface area contributed by atoms with Crippen molar-refractivity contribution in [2.45, 2.75) is 18.9 Å². The summed E-state index contributed by atoms with van der Waals surface area (Å²) in [6.45, 7) is 1.93. The number of hydrogen-bond acceptors (Lipinski definition) is 3. The van der Waals surface area contributed by atoms with Crippen molar-refractivity contribution in [1.82, 2.24) is 10.6 Å². The SMILES string of the molecule is CN(C)c1cccc(C(=O)N[C@H]2CCCNC2)c1.Cl. The van der Waals surface area contributed by atoms with Crippen molar-refractivity contribution in [2.24, 2.45) is 0 Å². The predicted octanol–water partition coefficient (Wildman–Crippen LogP) is 1.66. The molecule has 0 unspecified atom stereocenters. The second-order valence-corrected chi connectivity index (χ2v) is 4.96. The van der Waals surface area contributed by atoms with Gasteiger partial charge < -0.3 is 15.5 Å². The smallest absolute Gasteiger partial charge is 0.251 e. The third-order valence-corrected chi connectivity index (χ3v) is 3.26. The van der Waals surface area contributed by atoms with Crippen LogP contribution in [0.15, 0.2) is 24.3 Å². The molecule has 5 heteroatoms. The number of hydrogen-bond donors (Lipinski definition) is 2. The van der Waals surface area contributed by atoms with Crippen LogP contribution < -0.4 is 15.5 Å². The highest BCUT2D eigenvalue weighted by molar-refractivity contribution is 5.95. The van der Waals surface area contributed by atoms with Crippen LogP contribution in [-0.4, -0.2) is 39.1 Å². The highest BCUT2D eigenvalue weighted by Crippen LogP contribution is 2.13. The van der Waals surface area contributed by atoms with Gasteiger partial charge in [-0.05, 0) is 37.6 Å². The highest BCUT2D eigenvalue weighted by Gasteiger charge is 2.16. The molecule has 1 aliphatic heterocycles. The fourth-order valence-corrected chi connectivity index (χ4v) is 2.17. The van der Waals surface area contributed by atoms with Gasteiger partial charge in [-0.2, -0.15) is 0 Å². The van der Waals surface area contributed by atoms with Crippen LogP contribution in [0, 0.1) is 0 Å². The topological polar surface area (TPSA) is 44.4 Å². The van der Waals surface area contributed by atoms with Crippen LogP contribution >= 0.6 is 12.4 Å². The van der Waals surface area contributed by atoms with Crippen LogP contribution in [-0.2, 0) is 0 Å². The van der Waals surface area contributed by atoms with Gasteiger partial charge in [0.25, 0.3) is 5.91 Å². The van der Waals surface area contributed by atoms with Crippen molar-refractivity contribution in [2.75, 3.05) is 32.1 Å². The molecule has 0 saturated carbocycles. The molecule has 4 nitrogen and oxygen atoms in total. The second-order valence-electron chi connectivity index (χ2n) is 4.96. The maximum Gasteiger partial charge on any atom is 0.251 e. The number of anilines is 1. The van der Waals surface area contributed by atoms with Crippen molar-refractivity contribution >= 4 is 24.0 Å². The molecule has 0 aliphatic carbocycles. The molecule has 2 rings (SSSR count). The third-order valence-electron chi connectivity index (χ3n) is 3.26. The number of amides is 1. The zero-order chi connectivity index (χ0) is 13.0. The van der Waals surface area contributed by atoms with Crippen LogP contribution in [0.2, 0.25) is 0 Å². The van der Waals surface area contributed by atoms with Crippen molar-refractivity contribution < 1.29 is 4.79 Å². The Kier molecular flexibility index (Phi) is 6.12. The summed E-state index contributed by atoms with van der Waals surface area (Å²) < 4.78 is 0. The van der Waals surface area contributed by atoms with Gasteiger partial charge in [0.05, 0.1) is 0 Å². The molecule has 1 saturated heterocycles. The zero-order valence-corrected chi connectivity index (χ0v) is 12.3. The molecule has 19 heavy (non-hydrogen) atoms. The summed E-state index contributed by atoms with van der Waals surface area (Å²) in [7, 11) is 3.95. The standard InChI is InChI=1S/C14H21N3O.ClH/c1-17(2)13-7-3-5-11(9-13)14(18)16-12-6-4-8-15-10-12;/h3,5,7,9,12,15H,4,6,8,10H2,1-2H3,(H,16,18);1H/t12-;/m0./s1. The largest absolute Gasteiger partial charge is 0.378 e. The van der Waals surface area contributed by atoms with E-state index in [4.69, 9.17) is 0 Å². The maximum atomic E-state index is 12.1. The summed E-state index contributed by atoms with van der Waals surface area (Å²) in [5.41, 5.74) is 1.77. The van der Waals surface area contributed by atoms with E-state index in [1.807, 2.05) is 43.3 Å². The number of piperidine rings is 1. The van der Waals surface area contributed by atoms with Crippen molar-refractivity contribution in [3.8, 4) is 0 Å². The summed E-state index contributed by atoms with van der Waals surface area (Å²) in [6.07, 6.45) is 2.19. The Morgan fingerprint density at radius 1 is 1.42 bits per heavy atom. The number of halogens is 1. The summed E-state index contributed by atoms with van der Waals surface area (Å²) in [5, 5.41) is 6.38. The van der Waals surface area contributed by atoms with Crippen molar-refractivity contribution in [3.05, 3.63) is 29.8 Å². The van der Waals surface area contributed by atoms with Gasteiger partial charge in [0.2, 0.25) is 0 Å². The van der Waals surface area contributed by atoms with Gasteiger partial charge in [0.1, 0.15) is 0 Å². The number of rotatable bonds is 3. The Bertz CT molecular complexity index is 417. The Labute approximate surface area is 121 Å². The molecule has 1 aromatic rings. The van der Waals surface area contributed by atoms with Crippen molar-refractivity contribution in [3.63, 3.8) is 0 Å². The third kappa shape index (κ3) is 4.40. The fourth-order valence-electron chi connectivity index (χ4n) is 2.17. The first-order valence-corrected chi connectivity index (χ1v) is 6.46. The van der Waals surface area contributed by atoms with Gasteiger partial charge in [0, 0.05) is 37.9 Å². The first-order chi connectivity index (χ1) is 8.66. The van der Waals surface area contributed by atoms with Crippen LogP contribution in [0.5, 0.6) is 0 Å². The van der Waals surface area contributed by atoms with E-state index in [1.165, 1.54) is 0 Å². The Morgan fingerprint density at radius 3 is 2.84 bits per heavy atom. The van der Waals surface area contributed by atoms with Crippen LogP contribution in [0.4, 0.5) is 5.69 Å². The molecule has 2 N–H and O–H groups in total. The van der Waals surface area contributed by atoms with Crippen molar-refractivity contribution in [1.29, 1.82) is 0 Å². The lowest BCUT2D eigenvalue weighted by atomic mass is 10.1. The van der Waals surface area contributed by atoms with Crippen LogP contribution in [0.3, 0.4) is 0 Å². The molecular formula is C14H22ClN3O. The van der Waals surface area contributed by atoms with E-state index in [0.717, 1.165) is 37.2 Å². The molecule has 1 aliphatic rings. The lowest BCUT2D eigenvalue weighted by Crippen LogP contribution is -2.45. The lowest BCUT2D eigenvalue weighted by Gasteiger charge is -2.24. The molecule has 0 radical (unpaired) electrons. The normalized spacial score (nSPS) is 18.3. The number of benzene rings is 1. The highest BCUT2D eigenvalue weighted by atomic mass is 35.5. The molecular weight excluding hydrogens is 262 g/mol. The number of nitrogens with zero attached hydrogens (tertiary/aromatic N) is 1. The van der Waals surface area contributed by atoms with E-state index >= 15 is 0 Å². The second kappa shape index (κ2) is 7.36. The molecule has 1 fully saturated rings. The quantitative estimate of drug-likeness (QED) is 0.887. The summed E-state index contributed by atoms with van der Waals surface area (Å²) in [6, 6.07) is 7.96. The van der Waals surface area contributed by atoms with E-state index in [0.29, 0.717) is 0 Å². The number of nitrogens with one attached hydrogen (secondary N) is 2.